The van der Waals surface area contributed by atoms with Crippen molar-refractivity contribution in [3.63, 3.8) is 0 Å². The summed E-state index contributed by atoms with van der Waals surface area (Å²) in [4.78, 5) is 11.7. The number of hydrogen-bond donors (Lipinski definition) is 0. The number of rotatable bonds is 4. The normalized spacial score (nSPS) is 10.1. The molecule has 2 aromatic carbocycles. The molecule has 1 aromatic heterocycles. The summed E-state index contributed by atoms with van der Waals surface area (Å²) in [7, 11) is 3.24. The number of hydrogen-bond acceptors (Lipinski definition) is 5. The lowest BCUT2D eigenvalue weighted by molar-refractivity contribution is 0.341. The topological polar surface area (TPSA) is 57.9 Å². The minimum Gasteiger partial charge on any atom is -0.496 e. The number of aryl methyl sites for hydroxylation is 1. The van der Waals surface area contributed by atoms with Crippen LogP contribution in [0.4, 0.5) is 0 Å². The zero-order chi connectivity index (χ0) is 18.5. The number of fused-ring (bicyclic) bond motifs is 1. The molecule has 0 saturated carbocycles. The minimum atomic E-state index is -0.231. The summed E-state index contributed by atoms with van der Waals surface area (Å²) in [6, 6.07) is 10.9. The fourth-order valence-electron chi connectivity index (χ4n) is 2.71. The zero-order valence-electron chi connectivity index (χ0n) is 14.8. The molecule has 1 heterocycles. The van der Waals surface area contributed by atoms with Crippen LogP contribution in [0.3, 0.4) is 0 Å². The Kier molecular flexibility index (Phi) is 5.14. The third-order valence-electron chi connectivity index (χ3n) is 3.92. The highest BCUT2D eigenvalue weighted by Crippen LogP contribution is 2.34. The van der Waals surface area contributed by atoms with Gasteiger partial charge in [-0.15, -0.1) is 0 Å². The van der Waals surface area contributed by atoms with Gasteiger partial charge in [0.15, 0.2) is 0 Å². The largest absolute Gasteiger partial charge is 0.496 e. The maximum Gasteiger partial charge on any atom is 0.227 e. The van der Waals surface area contributed by atoms with Crippen LogP contribution < -0.4 is 19.6 Å². The lowest BCUT2D eigenvalue weighted by Crippen LogP contribution is -2.08. The Morgan fingerprint density at radius 1 is 1.00 bits per heavy atom. The van der Waals surface area contributed by atoms with Crippen molar-refractivity contribution in [3.05, 3.63) is 64.2 Å². The van der Waals surface area contributed by atoms with Crippen molar-refractivity contribution in [2.75, 3.05) is 20.8 Å². The quantitative estimate of drug-likeness (QED) is 0.674. The first-order valence-electron chi connectivity index (χ1n) is 7.99. The Balaban J connectivity index is 1.88. The Labute approximate surface area is 151 Å². The second-order valence-electron chi connectivity index (χ2n) is 5.46. The molecule has 3 aromatic rings. The van der Waals surface area contributed by atoms with E-state index < -0.39 is 0 Å². The van der Waals surface area contributed by atoms with Gasteiger partial charge in [-0.25, -0.2) is 0 Å². The van der Waals surface area contributed by atoms with Crippen LogP contribution in [0.5, 0.6) is 17.2 Å². The van der Waals surface area contributed by atoms with Crippen molar-refractivity contribution < 1.29 is 18.6 Å². The summed E-state index contributed by atoms with van der Waals surface area (Å²) < 4.78 is 21.5. The van der Waals surface area contributed by atoms with E-state index >= 15 is 0 Å². The third kappa shape index (κ3) is 3.35. The van der Waals surface area contributed by atoms with Gasteiger partial charge in [-0.3, -0.25) is 4.79 Å². The van der Waals surface area contributed by atoms with E-state index in [1.165, 1.54) is 12.3 Å². The molecule has 0 saturated heterocycles. The Morgan fingerprint density at radius 2 is 1.85 bits per heavy atom. The lowest BCUT2D eigenvalue weighted by Gasteiger charge is -2.10. The van der Waals surface area contributed by atoms with Crippen molar-refractivity contribution in [3.8, 4) is 29.1 Å². The van der Waals surface area contributed by atoms with Crippen molar-refractivity contribution in [1.82, 2.24) is 0 Å². The molecular weight excluding hydrogens is 332 g/mol. The molecule has 0 fully saturated rings. The Hall–Kier alpha value is -3.39. The first-order valence-corrected chi connectivity index (χ1v) is 7.99. The fourth-order valence-corrected chi connectivity index (χ4v) is 2.71. The molecule has 132 valence electrons. The summed E-state index contributed by atoms with van der Waals surface area (Å²) in [5.41, 5.74) is 0.500. The van der Waals surface area contributed by atoms with Crippen LogP contribution in [0.1, 0.15) is 11.3 Å². The van der Waals surface area contributed by atoms with E-state index in [1.54, 1.807) is 21.1 Å². The van der Waals surface area contributed by atoms with Gasteiger partial charge in [-0.1, -0.05) is 24.0 Å². The van der Waals surface area contributed by atoms with Crippen LogP contribution in [0.15, 0.2) is 51.9 Å². The van der Waals surface area contributed by atoms with E-state index in [2.05, 4.69) is 11.8 Å². The smallest absolute Gasteiger partial charge is 0.227 e. The minimum absolute atomic E-state index is 0.0644. The van der Waals surface area contributed by atoms with Gasteiger partial charge in [0.25, 0.3) is 0 Å². The fraction of sp³-hybridized carbons (Fsp3) is 0.190. The summed E-state index contributed by atoms with van der Waals surface area (Å²) in [5, 5.41) is 1.87. The Bertz CT molecular complexity index is 1050. The first-order chi connectivity index (χ1) is 12.7. The molecule has 0 bridgehead atoms. The van der Waals surface area contributed by atoms with Crippen molar-refractivity contribution in [1.29, 1.82) is 0 Å². The predicted octanol–water partition coefficient (Wildman–Crippen LogP) is 3.55. The van der Waals surface area contributed by atoms with E-state index in [-0.39, 0.29) is 17.8 Å². The molecule has 0 unspecified atom stereocenters. The van der Waals surface area contributed by atoms with E-state index in [0.29, 0.717) is 11.5 Å². The van der Waals surface area contributed by atoms with Crippen molar-refractivity contribution >= 4 is 10.8 Å². The van der Waals surface area contributed by atoms with Crippen LogP contribution in [-0.4, -0.2) is 20.8 Å². The van der Waals surface area contributed by atoms with Gasteiger partial charge in [0, 0.05) is 16.8 Å². The van der Waals surface area contributed by atoms with E-state index in [4.69, 9.17) is 18.6 Å². The second-order valence-corrected chi connectivity index (χ2v) is 5.46. The van der Waals surface area contributed by atoms with Crippen LogP contribution in [0, 0.1) is 18.8 Å². The maximum absolute atomic E-state index is 11.7. The number of ether oxygens (including phenoxy) is 3. The van der Waals surface area contributed by atoms with Crippen LogP contribution >= 0.6 is 0 Å². The maximum atomic E-state index is 11.7. The number of benzene rings is 2. The molecule has 3 rings (SSSR count). The van der Waals surface area contributed by atoms with Gasteiger partial charge in [0.1, 0.15) is 23.9 Å². The summed E-state index contributed by atoms with van der Waals surface area (Å²) in [6.45, 7) is 1.73. The highest BCUT2D eigenvalue weighted by atomic mass is 16.5. The average Bonchev–Trinajstić information content (AvgIpc) is 2.66. The van der Waals surface area contributed by atoms with E-state index in [0.717, 1.165) is 22.1 Å². The molecule has 5 nitrogen and oxygen atoms in total. The summed E-state index contributed by atoms with van der Waals surface area (Å²) >= 11 is 0. The average molecular weight is 350 g/mol. The molecule has 5 heteroatoms. The molecule has 0 amide bonds. The highest BCUT2D eigenvalue weighted by molar-refractivity contribution is 5.95. The molecule has 0 aliphatic carbocycles. The lowest BCUT2D eigenvalue weighted by atomic mass is 10.0. The zero-order valence-corrected chi connectivity index (χ0v) is 14.8. The molecule has 0 radical (unpaired) electrons. The first kappa shape index (κ1) is 17.4. The predicted molar refractivity (Wildman–Crippen MR) is 99.1 cm³/mol. The van der Waals surface area contributed by atoms with Gasteiger partial charge < -0.3 is 18.6 Å². The second kappa shape index (κ2) is 7.66. The van der Waals surface area contributed by atoms with Crippen molar-refractivity contribution in [2.24, 2.45) is 0 Å². The monoisotopic (exact) mass is 350 g/mol. The van der Waals surface area contributed by atoms with Gasteiger partial charge in [0.05, 0.1) is 26.0 Å². The van der Waals surface area contributed by atoms with Gasteiger partial charge >= 0.3 is 0 Å². The highest BCUT2D eigenvalue weighted by Gasteiger charge is 2.10. The third-order valence-corrected chi connectivity index (χ3v) is 3.92. The molecular formula is C21H18O5. The molecule has 26 heavy (non-hydrogen) atoms. The summed E-state index contributed by atoms with van der Waals surface area (Å²) in [6.07, 6.45) is 1.34. The molecule has 0 spiro atoms. The van der Waals surface area contributed by atoms with Gasteiger partial charge in [-0.2, -0.15) is 0 Å². The van der Waals surface area contributed by atoms with Gasteiger partial charge in [0.2, 0.25) is 11.2 Å². The molecule has 0 aliphatic rings. The molecule has 0 aliphatic heterocycles. The Morgan fingerprint density at radius 3 is 2.58 bits per heavy atom. The standard InChI is InChI=1S/C21H18O5/c1-14-20(18(22)11-13-25-14)26-12-5-6-15-9-10-16-17(21(15)24-3)7-4-8-19(16)23-2/h4,7-11,13H,12H2,1-3H3. The molecule has 0 atom stereocenters. The molecule has 0 N–H and O–H groups in total. The van der Waals surface area contributed by atoms with Gasteiger partial charge in [-0.05, 0) is 25.1 Å². The SMILES string of the molecule is COc1cccc2c(OC)c(C#CCOc3c(C)occc3=O)ccc12. The van der Waals surface area contributed by atoms with Crippen LogP contribution in [0.25, 0.3) is 10.8 Å². The van der Waals surface area contributed by atoms with E-state index in [1.807, 2.05) is 30.3 Å². The van der Waals surface area contributed by atoms with E-state index in [9.17, 15) is 4.79 Å². The van der Waals surface area contributed by atoms with Crippen LogP contribution in [0.2, 0.25) is 0 Å². The van der Waals surface area contributed by atoms with Crippen LogP contribution in [-0.2, 0) is 0 Å². The number of methoxy groups -OCH3 is 2. The summed E-state index contributed by atoms with van der Waals surface area (Å²) in [5.74, 6) is 7.99. The van der Waals surface area contributed by atoms with Crippen molar-refractivity contribution in [2.45, 2.75) is 6.92 Å².